The number of carbonyl (C=O) groups is 1. The lowest BCUT2D eigenvalue weighted by atomic mass is 10.1. The Morgan fingerprint density at radius 2 is 2.26 bits per heavy atom. The van der Waals surface area contributed by atoms with Gasteiger partial charge in [-0.15, -0.1) is 0 Å². The Labute approximate surface area is 109 Å². The molecular weight excluding hydrogens is 258 g/mol. The van der Waals surface area contributed by atoms with Crippen LogP contribution in [0.4, 0.5) is 14.6 Å². The van der Waals surface area contributed by atoms with Crippen molar-refractivity contribution in [1.29, 1.82) is 0 Å². The average molecular weight is 274 g/mol. The van der Waals surface area contributed by atoms with Crippen LogP contribution >= 0.6 is 0 Å². The molecule has 0 aromatic carbocycles. The van der Waals surface area contributed by atoms with E-state index in [1.807, 2.05) is 6.92 Å². The molecule has 19 heavy (non-hydrogen) atoms. The zero-order valence-corrected chi connectivity index (χ0v) is 10.5. The Morgan fingerprint density at radius 3 is 2.74 bits per heavy atom. The molecule has 0 unspecified atom stereocenters. The van der Waals surface area contributed by atoms with Crippen LogP contribution in [0.3, 0.4) is 0 Å². The molecule has 1 atom stereocenters. The minimum absolute atomic E-state index is 0.0685. The van der Waals surface area contributed by atoms with Gasteiger partial charge in [-0.05, 0) is 18.6 Å². The van der Waals surface area contributed by atoms with Gasteiger partial charge in [0.25, 0.3) is 0 Å². The normalized spacial score (nSPS) is 12.2. The number of aromatic nitrogens is 1. The van der Waals surface area contributed by atoms with Gasteiger partial charge in [0.1, 0.15) is 17.6 Å². The first-order valence-corrected chi connectivity index (χ1v) is 5.93. The van der Waals surface area contributed by atoms with Gasteiger partial charge in [0.2, 0.25) is 0 Å². The summed E-state index contributed by atoms with van der Waals surface area (Å²) in [5.41, 5.74) is 0. The number of hydrogen-bond acceptors (Lipinski definition) is 4. The number of unbranched alkanes of at least 4 members (excludes halogenated alkanes) is 1. The fourth-order valence-corrected chi connectivity index (χ4v) is 1.48. The number of hydrogen-bond donors (Lipinski definition) is 2. The molecule has 0 radical (unpaired) electrons. The van der Waals surface area contributed by atoms with Gasteiger partial charge >= 0.3 is 12.6 Å². The summed E-state index contributed by atoms with van der Waals surface area (Å²) in [5.74, 6) is -0.728. The van der Waals surface area contributed by atoms with Gasteiger partial charge in [-0.3, -0.25) is 0 Å². The zero-order valence-electron chi connectivity index (χ0n) is 10.5. The van der Waals surface area contributed by atoms with Crippen LogP contribution in [0.15, 0.2) is 18.3 Å². The predicted molar refractivity (Wildman–Crippen MR) is 65.4 cm³/mol. The number of carboxylic acids is 1. The van der Waals surface area contributed by atoms with Crippen LogP contribution in [-0.2, 0) is 4.79 Å². The Morgan fingerprint density at radius 1 is 1.53 bits per heavy atom. The molecule has 0 spiro atoms. The summed E-state index contributed by atoms with van der Waals surface area (Å²) >= 11 is 0. The number of carboxylic acid groups (broad SMARTS) is 1. The lowest BCUT2D eigenvalue weighted by molar-refractivity contribution is -0.138. The largest absolute Gasteiger partial charge is 0.480 e. The van der Waals surface area contributed by atoms with Crippen LogP contribution in [-0.4, -0.2) is 28.7 Å². The molecule has 0 aliphatic heterocycles. The molecule has 1 aromatic rings. The molecule has 0 amide bonds. The first-order valence-electron chi connectivity index (χ1n) is 5.93. The molecule has 0 aliphatic rings. The van der Waals surface area contributed by atoms with Gasteiger partial charge in [-0.25, -0.2) is 9.78 Å². The van der Waals surface area contributed by atoms with E-state index in [1.165, 1.54) is 12.1 Å². The van der Waals surface area contributed by atoms with E-state index in [9.17, 15) is 13.6 Å². The molecule has 7 heteroatoms. The Kier molecular flexibility index (Phi) is 5.98. The summed E-state index contributed by atoms with van der Waals surface area (Å²) in [6.45, 7) is -0.940. The number of aliphatic carboxylic acids is 1. The van der Waals surface area contributed by atoms with Crippen LogP contribution in [0.1, 0.15) is 26.2 Å². The number of nitrogens with one attached hydrogen (secondary N) is 1. The van der Waals surface area contributed by atoms with Gasteiger partial charge in [0, 0.05) is 0 Å². The van der Waals surface area contributed by atoms with Crippen molar-refractivity contribution in [2.24, 2.45) is 0 Å². The van der Waals surface area contributed by atoms with Crippen molar-refractivity contribution in [2.45, 2.75) is 38.8 Å². The van der Waals surface area contributed by atoms with E-state index in [2.05, 4.69) is 15.0 Å². The number of ether oxygens (including phenoxy) is 1. The quantitative estimate of drug-likeness (QED) is 0.762. The standard InChI is InChI=1S/C12H16F2N2O3/c1-2-3-4-9(11(17)18)16-10-6-5-8(7-15-10)19-12(13)14/h5-7,9,12H,2-4H2,1H3,(H,15,16)(H,17,18)/t9-/m0/s1. The number of pyridine rings is 1. The Balaban J connectivity index is 2.61. The van der Waals surface area contributed by atoms with Crippen molar-refractivity contribution in [3.05, 3.63) is 18.3 Å². The fraction of sp³-hybridized carbons (Fsp3) is 0.500. The molecule has 1 aromatic heterocycles. The highest BCUT2D eigenvalue weighted by molar-refractivity contribution is 5.76. The SMILES string of the molecule is CCCC[C@H](Nc1ccc(OC(F)F)cn1)C(=O)O. The van der Waals surface area contributed by atoms with Crippen molar-refractivity contribution in [1.82, 2.24) is 4.98 Å². The third-order valence-electron chi connectivity index (χ3n) is 2.43. The number of anilines is 1. The Bertz CT molecular complexity index is 398. The smallest absolute Gasteiger partial charge is 0.387 e. The van der Waals surface area contributed by atoms with Crippen molar-refractivity contribution >= 4 is 11.8 Å². The molecule has 1 rings (SSSR count). The van der Waals surface area contributed by atoms with E-state index in [1.54, 1.807) is 0 Å². The van der Waals surface area contributed by atoms with Crippen molar-refractivity contribution < 1.29 is 23.4 Å². The molecule has 5 nitrogen and oxygen atoms in total. The maximum absolute atomic E-state index is 11.9. The van der Waals surface area contributed by atoms with E-state index in [4.69, 9.17) is 5.11 Å². The first kappa shape index (κ1) is 15.1. The monoisotopic (exact) mass is 274 g/mol. The van der Waals surface area contributed by atoms with Crippen LogP contribution in [0.5, 0.6) is 5.75 Å². The highest BCUT2D eigenvalue weighted by Crippen LogP contribution is 2.16. The number of alkyl halides is 2. The minimum atomic E-state index is -2.91. The lowest BCUT2D eigenvalue weighted by Crippen LogP contribution is -2.29. The third kappa shape index (κ3) is 5.50. The Hall–Kier alpha value is -1.92. The number of nitrogens with zero attached hydrogens (tertiary/aromatic N) is 1. The predicted octanol–water partition coefficient (Wildman–Crippen LogP) is 2.74. The second kappa shape index (κ2) is 7.50. The van der Waals surface area contributed by atoms with Gasteiger partial charge < -0.3 is 15.2 Å². The fourth-order valence-electron chi connectivity index (χ4n) is 1.48. The van der Waals surface area contributed by atoms with Crippen LogP contribution in [0.25, 0.3) is 0 Å². The summed E-state index contributed by atoms with van der Waals surface area (Å²) < 4.78 is 28.0. The van der Waals surface area contributed by atoms with E-state index in [0.717, 1.165) is 19.0 Å². The van der Waals surface area contributed by atoms with E-state index in [-0.39, 0.29) is 5.75 Å². The maximum Gasteiger partial charge on any atom is 0.387 e. The van der Waals surface area contributed by atoms with Crippen molar-refractivity contribution in [2.75, 3.05) is 5.32 Å². The topological polar surface area (TPSA) is 71.5 Å². The molecule has 106 valence electrons. The van der Waals surface area contributed by atoms with Crippen LogP contribution in [0, 0.1) is 0 Å². The van der Waals surface area contributed by atoms with E-state index < -0.39 is 18.6 Å². The van der Waals surface area contributed by atoms with Crippen LogP contribution in [0.2, 0.25) is 0 Å². The summed E-state index contributed by atoms with van der Waals surface area (Å²) in [7, 11) is 0. The number of rotatable bonds is 8. The van der Waals surface area contributed by atoms with E-state index in [0.29, 0.717) is 12.2 Å². The average Bonchev–Trinajstić information content (AvgIpc) is 2.35. The first-order chi connectivity index (χ1) is 9.02. The minimum Gasteiger partial charge on any atom is -0.480 e. The lowest BCUT2D eigenvalue weighted by Gasteiger charge is -2.14. The zero-order chi connectivity index (χ0) is 14.3. The molecule has 0 saturated carbocycles. The van der Waals surface area contributed by atoms with Gasteiger partial charge in [0.05, 0.1) is 6.20 Å². The summed E-state index contributed by atoms with van der Waals surface area (Å²) in [6.07, 6.45) is 3.26. The molecule has 2 N–H and O–H groups in total. The maximum atomic E-state index is 11.9. The van der Waals surface area contributed by atoms with Gasteiger partial charge in [-0.1, -0.05) is 19.8 Å². The second-order valence-electron chi connectivity index (χ2n) is 3.94. The molecule has 0 fully saturated rings. The van der Waals surface area contributed by atoms with Crippen molar-refractivity contribution in [3.63, 3.8) is 0 Å². The van der Waals surface area contributed by atoms with Crippen molar-refractivity contribution in [3.8, 4) is 5.75 Å². The summed E-state index contributed by atoms with van der Waals surface area (Å²) in [5, 5.41) is 11.8. The van der Waals surface area contributed by atoms with E-state index >= 15 is 0 Å². The highest BCUT2D eigenvalue weighted by Gasteiger charge is 2.16. The summed E-state index contributed by atoms with van der Waals surface area (Å²) in [4.78, 5) is 14.8. The molecular formula is C12H16F2N2O3. The van der Waals surface area contributed by atoms with Gasteiger partial charge in [-0.2, -0.15) is 8.78 Å². The third-order valence-corrected chi connectivity index (χ3v) is 2.43. The molecule has 1 heterocycles. The van der Waals surface area contributed by atoms with Gasteiger partial charge in [0.15, 0.2) is 0 Å². The molecule has 0 aliphatic carbocycles. The molecule has 0 saturated heterocycles. The highest BCUT2D eigenvalue weighted by atomic mass is 19.3. The number of halogens is 2. The van der Waals surface area contributed by atoms with Crippen LogP contribution < -0.4 is 10.1 Å². The molecule has 0 bridgehead atoms. The second-order valence-corrected chi connectivity index (χ2v) is 3.94. The summed E-state index contributed by atoms with van der Waals surface area (Å²) in [6, 6.07) is 1.97.